The Hall–Kier alpha value is -1.69. The van der Waals surface area contributed by atoms with Gasteiger partial charge in [0.2, 0.25) is 5.91 Å². The van der Waals surface area contributed by atoms with Crippen LogP contribution < -0.4 is 16.4 Å². The summed E-state index contributed by atoms with van der Waals surface area (Å²) in [6.07, 6.45) is 2.51. The summed E-state index contributed by atoms with van der Waals surface area (Å²) in [4.78, 5) is 23.3. The van der Waals surface area contributed by atoms with Gasteiger partial charge in [0.1, 0.15) is 6.04 Å². The van der Waals surface area contributed by atoms with E-state index in [2.05, 4.69) is 29.7 Å². The Morgan fingerprint density at radius 2 is 1.82 bits per heavy atom. The van der Waals surface area contributed by atoms with E-state index in [4.69, 9.17) is 5.73 Å². The van der Waals surface area contributed by atoms with Gasteiger partial charge in [0.15, 0.2) is 0 Å². The van der Waals surface area contributed by atoms with Crippen LogP contribution >= 0.6 is 11.8 Å². The summed E-state index contributed by atoms with van der Waals surface area (Å²) >= 11 is 1.62. The van der Waals surface area contributed by atoms with Crippen LogP contribution in [0.25, 0.3) is 0 Å². The van der Waals surface area contributed by atoms with Gasteiger partial charge in [0.05, 0.1) is 0 Å². The second kappa shape index (κ2) is 8.68. The minimum Gasteiger partial charge on any atom is -0.352 e. The highest BCUT2D eigenvalue weighted by Gasteiger charge is 2.19. The number of primary amides is 1. The number of aryl methyl sites for hydroxylation is 3. The Bertz CT molecular complexity index is 523. The molecule has 1 aromatic rings. The highest BCUT2D eigenvalue weighted by Crippen LogP contribution is 2.16. The standard InChI is InChI=1S/C16H25N3O2S/c1-10-7-11(2)13(12(3)8-10)9-18-15(20)14(5-6-22-4)19-16(17)21/h7-8,14H,5-6,9H2,1-4H3,(H,18,20)(H3,17,19,21). The van der Waals surface area contributed by atoms with E-state index in [0.717, 1.165) is 22.4 Å². The molecule has 0 bridgehead atoms. The first-order valence-electron chi connectivity index (χ1n) is 7.24. The topological polar surface area (TPSA) is 84.2 Å². The molecule has 1 rings (SSSR count). The van der Waals surface area contributed by atoms with Crippen LogP contribution in [0, 0.1) is 20.8 Å². The lowest BCUT2D eigenvalue weighted by molar-refractivity contribution is -0.123. The molecule has 0 aliphatic heterocycles. The van der Waals surface area contributed by atoms with Crippen molar-refractivity contribution < 1.29 is 9.59 Å². The SMILES string of the molecule is CSCCC(NC(N)=O)C(=O)NCc1c(C)cc(C)cc1C. The van der Waals surface area contributed by atoms with E-state index < -0.39 is 12.1 Å². The third kappa shape index (κ3) is 5.60. The van der Waals surface area contributed by atoms with Gasteiger partial charge in [-0.3, -0.25) is 4.79 Å². The normalized spacial score (nSPS) is 11.8. The Kier molecular flexibility index (Phi) is 7.24. The molecule has 0 aromatic heterocycles. The van der Waals surface area contributed by atoms with E-state index >= 15 is 0 Å². The zero-order valence-corrected chi connectivity index (χ0v) is 14.5. The second-order valence-electron chi connectivity index (χ2n) is 5.44. The molecule has 6 heteroatoms. The van der Waals surface area contributed by atoms with Crippen LogP contribution in [0.1, 0.15) is 28.7 Å². The number of carbonyl (C=O) groups is 2. The molecule has 0 aliphatic carbocycles. The number of amides is 3. The number of benzene rings is 1. The molecule has 5 nitrogen and oxygen atoms in total. The molecular formula is C16H25N3O2S. The zero-order chi connectivity index (χ0) is 16.7. The van der Waals surface area contributed by atoms with Crippen molar-refractivity contribution in [1.82, 2.24) is 10.6 Å². The molecule has 0 fully saturated rings. The first kappa shape index (κ1) is 18.4. The van der Waals surface area contributed by atoms with Crippen LogP contribution in [0.4, 0.5) is 4.79 Å². The van der Waals surface area contributed by atoms with Crippen LogP contribution in [0.3, 0.4) is 0 Å². The van der Waals surface area contributed by atoms with E-state index in [1.54, 1.807) is 11.8 Å². The van der Waals surface area contributed by atoms with Crippen molar-refractivity contribution in [2.45, 2.75) is 39.8 Å². The highest BCUT2D eigenvalue weighted by atomic mass is 32.2. The van der Waals surface area contributed by atoms with Crippen LogP contribution in [0.5, 0.6) is 0 Å². The fourth-order valence-electron chi connectivity index (χ4n) is 2.46. The largest absolute Gasteiger partial charge is 0.352 e. The van der Waals surface area contributed by atoms with E-state index in [0.29, 0.717) is 13.0 Å². The van der Waals surface area contributed by atoms with Gasteiger partial charge in [-0.2, -0.15) is 11.8 Å². The van der Waals surface area contributed by atoms with Crippen molar-refractivity contribution >= 4 is 23.7 Å². The van der Waals surface area contributed by atoms with Gasteiger partial charge in [0.25, 0.3) is 0 Å². The van der Waals surface area contributed by atoms with Gasteiger partial charge < -0.3 is 16.4 Å². The van der Waals surface area contributed by atoms with Crippen LogP contribution in [-0.4, -0.2) is 30.0 Å². The van der Waals surface area contributed by atoms with E-state index in [9.17, 15) is 9.59 Å². The van der Waals surface area contributed by atoms with Crippen molar-refractivity contribution in [3.63, 3.8) is 0 Å². The summed E-state index contributed by atoms with van der Waals surface area (Å²) in [6.45, 7) is 6.58. The lowest BCUT2D eigenvalue weighted by Crippen LogP contribution is -2.48. The minimum atomic E-state index is -0.677. The second-order valence-corrected chi connectivity index (χ2v) is 6.42. The van der Waals surface area contributed by atoms with Gasteiger partial charge in [-0.15, -0.1) is 0 Å². The minimum absolute atomic E-state index is 0.202. The van der Waals surface area contributed by atoms with Crippen molar-refractivity contribution in [3.8, 4) is 0 Å². The number of carbonyl (C=O) groups excluding carboxylic acids is 2. The molecule has 1 atom stereocenters. The molecule has 4 N–H and O–H groups in total. The first-order chi connectivity index (χ1) is 10.3. The van der Waals surface area contributed by atoms with Gasteiger partial charge in [-0.05, 0) is 55.9 Å². The van der Waals surface area contributed by atoms with Crippen molar-refractivity contribution in [3.05, 3.63) is 34.4 Å². The van der Waals surface area contributed by atoms with Gasteiger partial charge in [-0.1, -0.05) is 17.7 Å². The highest BCUT2D eigenvalue weighted by molar-refractivity contribution is 7.98. The predicted octanol–water partition coefficient (Wildman–Crippen LogP) is 2.02. The van der Waals surface area contributed by atoms with Crippen molar-refractivity contribution in [2.75, 3.05) is 12.0 Å². The number of urea groups is 1. The maximum Gasteiger partial charge on any atom is 0.312 e. The molecule has 0 saturated heterocycles. The number of hydrogen-bond donors (Lipinski definition) is 3. The van der Waals surface area contributed by atoms with E-state index in [-0.39, 0.29) is 5.91 Å². The molecule has 0 heterocycles. The van der Waals surface area contributed by atoms with Gasteiger partial charge >= 0.3 is 6.03 Å². The third-order valence-electron chi connectivity index (χ3n) is 3.52. The van der Waals surface area contributed by atoms with E-state index in [1.807, 2.05) is 20.1 Å². The molecule has 0 radical (unpaired) electrons. The lowest BCUT2D eigenvalue weighted by atomic mass is 10.00. The summed E-state index contributed by atoms with van der Waals surface area (Å²) in [5.74, 6) is 0.577. The molecular weight excluding hydrogens is 298 g/mol. The number of nitrogens with one attached hydrogen (secondary N) is 2. The van der Waals surface area contributed by atoms with Gasteiger partial charge in [0, 0.05) is 6.54 Å². The van der Waals surface area contributed by atoms with Crippen molar-refractivity contribution in [2.24, 2.45) is 5.73 Å². The first-order valence-corrected chi connectivity index (χ1v) is 8.64. The zero-order valence-electron chi connectivity index (χ0n) is 13.7. The van der Waals surface area contributed by atoms with Crippen molar-refractivity contribution in [1.29, 1.82) is 0 Å². The summed E-state index contributed by atoms with van der Waals surface area (Å²) in [5, 5.41) is 5.40. The smallest absolute Gasteiger partial charge is 0.312 e. The maximum atomic E-state index is 12.3. The fourth-order valence-corrected chi connectivity index (χ4v) is 2.94. The number of rotatable bonds is 7. The number of nitrogens with two attached hydrogens (primary N) is 1. The van der Waals surface area contributed by atoms with E-state index in [1.165, 1.54) is 5.56 Å². The molecule has 1 aromatic carbocycles. The lowest BCUT2D eigenvalue weighted by Gasteiger charge is -2.18. The number of hydrogen-bond acceptors (Lipinski definition) is 3. The molecule has 22 heavy (non-hydrogen) atoms. The Labute approximate surface area is 136 Å². The quantitative estimate of drug-likeness (QED) is 0.718. The predicted molar refractivity (Wildman–Crippen MR) is 92.0 cm³/mol. The average Bonchev–Trinajstić information content (AvgIpc) is 2.41. The molecule has 1 unspecified atom stereocenters. The van der Waals surface area contributed by atoms with Gasteiger partial charge in [-0.25, -0.2) is 4.79 Å². The molecule has 122 valence electrons. The molecule has 0 saturated carbocycles. The Morgan fingerprint density at radius 1 is 1.23 bits per heavy atom. The Morgan fingerprint density at radius 3 is 2.32 bits per heavy atom. The maximum absolute atomic E-state index is 12.3. The molecule has 3 amide bonds. The summed E-state index contributed by atoms with van der Waals surface area (Å²) in [6, 6.07) is 2.93. The monoisotopic (exact) mass is 323 g/mol. The van der Waals surface area contributed by atoms with Crippen LogP contribution in [-0.2, 0) is 11.3 Å². The molecule has 0 aliphatic rings. The summed E-state index contributed by atoms with van der Waals surface area (Å²) < 4.78 is 0. The average molecular weight is 323 g/mol. The summed E-state index contributed by atoms with van der Waals surface area (Å²) in [7, 11) is 0. The summed E-state index contributed by atoms with van der Waals surface area (Å²) in [5.41, 5.74) is 9.77. The third-order valence-corrected chi connectivity index (χ3v) is 4.17. The fraction of sp³-hybridized carbons (Fsp3) is 0.500. The van der Waals surface area contributed by atoms with Crippen LogP contribution in [0.15, 0.2) is 12.1 Å². The number of thioether (sulfide) groups is 1. The van der Waals surface area contributed by atoms with Crippen LogP contribution in [0.2, 0.25) is 0 Å². The Balaban J connectivity index is 2.72. The molecule has 0 spiro atoms.